The van der Waals surface area contributed by atoms with Gasteiger partial charge in [0.2, 0.25) is 0 Å². The molecular weight excluding hydrogens is 434 g/mol. The van der Waals surface area contributed by atoms with Crippen molar-refractivity contribution in [1.82, 2.24) is 9.80 Å². The smallest absolute Gasteiger partial charge is 0.308 e. The van der Waals surface area contributed by atoms with Crippen molar-refractivity contribution in [2.45, 2.75) is 18.9 Å². The topological polar surface area (TPSA) is 161 Å². The summed E-state index contributed by atoms with van der Waals surface area (Å²) >= 11 is 0. The molecule has 1 atom stereocenters. The molecule has 0 radical (unpaired) electrons. The van der Waals surface area contributed by atoms with E-state index < -0.39 is 63.2 Å². The standard InChI is InChI=1S/C18H19N3O9S/c1-19(11-6-8-31(28,29)10-11)14(22)9-30-15(23)5-7-20-17(24)12-3-2-4-13(21(26)27)16(12)18(20)25/h2-4,11H,5-10H2,1H3/t11-/m1/s1. The lowest BCUT2D eigenvalue weighted by Crippen LogP contribution is -2.40. The summed E-state index contributed by atoms with van der Waals surface area (Å²) in [4.78, 5) is 61.2. The highest BCUT2D eigenvalue weighted by Crippen LogP contribution is 2.30. The van der Waals surface area contributed by atoms with Gasteiger partial charge in [-0.1, -0.05) is 6.07 Å². The zero-order valence-electron chi connectivity index (χ0n) is 16.5. The van der Waals surface area contributed by atoms with Crippen molar-refractivity contribution in [3.63, 3.8) is 0 Å². The molecule has 0 aliphatic carbocycles. The van der Waals surface area contributed by atoms with E-state index in [1.54, 1.807) is 0 Å². The Morgan fingerprint density at radius 3 is 2.61 bits per heavy atom. The van der Waals surface area contributed by atoms with Crippen LogP contribution in [0.3, 0.4) is 0 Å². The summed E-state index contributed by atoms with van der Waals surface area (Å²) in [5.41, 5.74) is -0.937. The molecule has 0 N–H and O–H groups in total. The normalized spacial score (nSPS) is 19.3. The van der Waals surface area contributed by atoms with Gasteiger partial charge in [0.25, 0.3) is 23.4 Å². The van der Waals surface area contributed by atoms with E-state index in [0.717, 1.165) is 11.0 Å². The maximum Gasteiger partial charge on any atom is 0.308 e. The number of fused-ring (bicyclic) bond motifs is 1. The van der Waals surface area contributed by atoms with Crippen LogP contribution in [0.1, 0.15) is 33.6 Å². The van der Waals surface area contributed by atoms with Gasteiger partial charge in [0.15, 0.2) is 16.4 Å². The molecule has 3 rings (SSSR count). The number of likely N-dealkylation sites (N-methyl/N-ethyl adjacent to an activating group) is 1. The number of esters is 1. The molecule has 12 nitrogen and oxygen atoms in total. The minimum Gasteiger partial charge on any atom is -0.456 e. The maximum atomic E-state index is 12.4. The van der Waals surface area contributed by atoms with E-state index in [1.165, 1.54) is 24.1 Å². The number of nitro groups is 1. The number of carbonyl (C=O) groups excluding carboxylic acids is 4. The lowest BCUT2D eigenvalue weighted by atomic mass is 10.1. The van der Waals surface area contributed by atoms with Crippen LogP contribution in [-0.4, -0.2) is 84.6 Å². The highest BCUT2D eigenvalue weighted by atomic mass is 32.2. The summed E-state index contributed by atoms with van der Waals surface area (Å²) in [5.74, 6) is -3.21. The number of rotatable bonds is 7. The van der Waals surface area contributed by atoms with Gasteiger partial charge in [-0.25, -0.2) is 8.42 Å². The van der Waals surface area contributed by atoms with E-state index >= 15 is 0 Å². The van der Waals surface area contributed by atoms with Gasteiger partial charge in [-0.2, -0.15) is 0 Å². The molecule has 1 aromatic rings. The van der Waals surface area contributed by atoms with Crippen molar-refractivity contribution >= 4 is 39.2 Å². The molecule has 0 unspecified atom stereocenters. The fourth-order valence-corrected chi connectivity index (χ4v) is 5.25. The van der Waals surface area contributed by atoms with E-state index in [0.29, 0.717) is 6.42 Å². The summed E-state index contributed by atoms with van der Waals surface area (Å²) in [6, 6.07) is 3.21. The van der Waals surface area contributed by atoms with Crippen molar-refractivity contribution in [3.8, 4) is 0 Å². The van der Waals surface area contributed by atoms with Crippen LogP contribution < -0.4 is 0 Å². The second-order valence-corrected chi connectivity index (χ2v) is 9.42. The van der Waals surface area contributed by atoms with Crippen molar-refractivity contribution in [1.29, 1.82) is 0 Å². The van der Waals surface area contributed by atoms with Crippen LogP contribution in [0.5, 0.6) is 0 Å². The van der Waals surface area contributed by atoms with Crippen LogP contribution in [0.4, 0.5) is 5.69 Å². The number of amides is 3. The quantitative estimate of drug-likeness (QED) is 0.235. The minimum absolute atomic E-state index is 0.00643. The molecule has 0 aromatic heterocycles. The first-order valence-electron chi connectivity index (χ1n) is 9.27. The summed E-state index contributed by atoms with van der Waals surface area (Å²) < 4.78 is 27.9. The van der Waals surface area contributed by atoms with Crippen molar-refractivity contribution in [2.24, 2.45) is 0 Å². The van der Waals surface area contributed by atoms with Gasteiger partial charge in [-0.15, -0.1) is 0 Å². The second-order valence-electron chi connectivity index (χ2n) is 7.19. The van der Waals surface area contributed by atoms with Crippen molar-refractivity contribution < 1.29 is 37.3 Å². The number of benzene rings is 1. The molecule has 31 heavy (non-hydrogen) atoms. The van der Waals surface area contributed by atoms with Gasteiger partial charge < -0.3 is 9.64 Å². The number of ether oxygens (including phenoxy) is 1. The number of hydrogen-bond donors (Lipinski definition) is 0. The van der Waals surface area contributed by atoms with Crippen LogP contribution in [0.15, 0.2) is 18.2 Å². The second kappa shape index (κ2) is 8.41. The molecule has 1 fully saturated rings. The first-order chi connectivity index (χ1) is 14.5. The van der Waals surface area contributed by atoms with E-state index in [1.807, 2.05) is 0 Å². The molecule has 0 saturated carbocycles. The fraction of sp³-hybridized carbons (Fsp3) is 0.444. The van der Waals surface area contributed by atoms with Gasteiger partial charge in [-0.3, -0.25) is 34.2 Å². The number of nitrogens with zero attached hydrogens (tertiary/aromatic N) is 3. The first kappa shape index (κ1) is 22.3. The SMILES string of the molecule is CN(C(=O)COC(=O)CCN1C(=O)c2cccc([N+](=O)[O-])c2C1=O)[C@@H]1CCS(=O)(=O)C1. The molecule has 3 amide bonds. The Balaban J connectivity index is 1.53. The number of imide groups is 1. The summed E-state index contributed by atoms with van der Waals surface area (Å²) in [7, 11) is -1.75. The molecule has 0 spiro atoms. The molecule has 0 bridgehead atoms. The Morgan fingerprint density at radius 2 is 2.00 bits per heavy atom. The van der Waals surface area contributed by atoms with Gasteiger partial charge >= 0.3 is 5.97 Å². The monoisotopic (exact) mass is 453 g/mol. The third kappa shape index (κ3) is 4.55. The van der Waals surface area contributed by atoms with Crippen molar-refractivity contribution in [2.75, 3.05) is 31.7 Å². The predicted octanol–water partition coefficient (Wildman–Crippen LogP) is -0.230. The third-order valence-corrected chi connectivity index (χ3v) is 6.97. The van der Waals surface area contributed by atoms with E-state index in [2.05, 4.69) is 0 Å². The van der Waals surface area contributed by atoms with Gasteiger partial charge in [0.1, 0.15) is 5.56 Å². The number of sulfone groups is 1. The molecule has 166 valence electrons. The Bertz CT molecular complexity index is 1080. The average Bonchev–Trinajstić information content (AvgIpc) is 3.20. The molecule has 2 aliphatic heterocycles. The van der Waals surface area contributed by atoms with Crippen LogP contribution in [-0.2, 0) is 24.2 Å². The van der Waals surface area contributed by atoms with Crippen molar-refractivity contribution in [3.05, 3.63) is 39.4 Å². The summed E-state index contributed by atoms with van der Waals surface area (Å²) in [5, 5.41) is 11.1. The van der Waals surface area contributed by atoms with E-state index in [4.69, 9.17) is 4.74 Å². The zero-order valence-corrected chi connectivity index (χ0v) is 17.3. The van der Waals surface area contributed by atoms with Gasteiger partial charge in [-0.05, 0) is 12.5 Å². The van der Waals surface area contributed by atoms with E-state index in [9.17, 15) is 37.7 Å². The lowest BCUT2D eigenvalue weighted by molar-refractivity contribution is -0.385. The number of hydrogen-bond acceptors (Lipinski definition) is 9. The fourth-order valence-electron chi connectivity index (χ4n) is 3.47. The van der Waals surface area contributed by atoms with Crippen LogP contribution in [0.25, 0.3) is 0 Å². The minimum atomic E-state index is -3.18. The summed E-state index contributed by atoms with van der Waals surface area (Å²) in [6.45, 7) is -0.979. The molecule has 2 heterocycles. The number of carbonyl (C=O) groups is 4. The Labute approximate surface area is 176 Å². The van der Waals surface area contributed by atoms with Crippen LogP contribution in [0, 0.1) is 10.1 Å². The molecule has 13 heteroatoms. The first-order valence-corrected chi connectivity index (χ1v) is 11.1. The number of nitro benzene ring substituents is 1. The molecule has 1 aromatic carbocycles. The zero-order chi connectivity index (χ0) is 22.9. The van der Waals surface area contributed by atoms with Crippen LogP contribution in [0.2, 0.25) is 0 Å². The molecule has 1 saturated heterocycles. The Kier molecular flexibility index (Phi) is 6.06. The third-order valence-electron chi connectivity index (χ3n) is 5.22. The molecular formula is C18H19N3O9S. The highest BCUT2D eigenvalue weighted by Gasteiger charge is 2.41. The van der Waals surface area contributed by atoms with Gasteiger partial charge in [0.05, 0.1) is 28.4 Å². The maximum absolute atomic E-state index is 12.4. The lowest BCUT2D eigenvalue weighted by Gasteiger charge is -2.23. The average molecular weight is 453 g/mol. The van der Waals surface area contributed by atoms with E-state index in [-0.39, 0.29) is 29.2 Å². The van der Waals surface area contributed by atoms with Gasteiger partial charge in [0, 0.05) is 25.7 Å². The summed E-state index contributed by atoms with van der Waals surface area (Å²) in [6.07, 6.45) is -0.0987. The Morgan fingerprint density at radius 1 is 1.29 bits per heavy atom. The Hall–Kier alpha value is -3.35. The molecule has 2 aliphatic rings. The highest BCUT2D eigenvalue weighted by molar-refractivity contribution is 7.91. The largest absolute Gasteiger partial charge is 0.456 e. The van der Waals surface area contributed by atoms with Crippen LogP contribution >= 0.6 is 0 Å². The predicted molar refractivity (Wildman–Crippen MR) is 104 cm³/mol.